The Labute approximate surface area is 76.8 Å². The minimum Gasteiger partial charge on any atom is -0.237 e. The van der Waals surface area contributed by atoms with Crippen LogP contribution in [0.1, 0.15) is 5.82 Å². The van der Waals surface area contributed by atoms with E-state index >= 15 is 0 Å². The van der Waals surface area contributed by atoms with Gasteiger partial charge in [0.15, 0.2) is 0 Å². The van der Waals surface area contributed by atoms with Gasteiger partial charge < -0.3 is 0 Å². The molecule has 0 bridgehead atoms. The van der Waals surface area contributed by atoms with Gasteiger partial charge in [-0.15, -0.1) is 0 Å². The number of aromatic nitrogens is 2. The molecule has 0 fully saturated rings. The van der Waals surface area contributed by atoms with E-state index in [1.165, 1.54) is 11.6 Å². The SMILES string of the molecule is C=S(C)CCn1cc[n+](C)c1C. The molecule has 0 aliphatic heterocycles. The number of rotatable bonds is 3. The second-order valence-electron chi connectivity index (χ2n) is 3.14. The van der Waals surface area contributed by atoms with Gasteiger partial charge in [0.25, 0.3) is 5.82 Å². The lowest BCUT2D eigenvalue weighted by Gasteiger charge is -1.99. The van der Waals surface area contributed by atoms with Crippen LogP contribution in [-0.4, -0.2) is 22.4 Å². The van der Waals surface area contributed by atoms with Crippen LogP contribution in [-0.2, 0) is 13.6 Å². The molecule has 68 valence electrons. The normalized spacial score (nSPS) is 13.2. The lowest BCUT2D eigenvalue weighted by molar-refractivity contribution is -0.677. The number of hydrogen-bond donors (Lipinski definition) is 0. The zero-order chi connectivity index (χ0) is 9.14. The summed E-state index contributed by atoms with van der Waals surface area (Å²) in [6.45, 7) is 3.23. The van der Waals surface area contributed by atoms with Gasteiger partial charge in [0.05, 0.1) is 13.6 Å². The molecule has 0 amide bonds. The first-order chi connectivity index (χ1) is 5.61. The van der Waals surface area contributed by atoms with E-state index in [0.717, 1.165) is 6.54 Å². The molecule has 2 nitrogen and oxygen atoms in total. The van der Waals surface area contributed by atoms with Crippen LogP contribution < -0.4 is 4.57 Å². The summed E-state index contributed by atoms with van der Waals surface area (Å²) in [5.41, 5.74) is 0. The molecule has 1 aromatic rings. The Morgan fingerprint density at radius 2 is 2.33 bits per heavy atom. The van der Waals surface area contributed by atoms with Crippen molar-refractivity contribution in [3.8, 4) is 0 Å². The first kappa shape index (κ1) is 9.52. The first-order valence-electron chi connectivity index (χ1n) is 4.05. The first-order valence-corrected chi connectivity index (χ1v) is 6.02. The molecule has 0 aromatic carbocycles. The topological polar surface area (TPSA) is 8.81 Å². The average molecular weight is 185 g/mol. The van der Waals surface area contributed by atoms with Crippen molar-refractivity contribution in [1.29, 1.82) is 0 Å². The number of imidazole rings is 1. The Kier molecular flexibility index (Phi) is 3.09. The van der Waals surface area contributed by atoms with Crippen molar-refractivity contribution in [3.63, 3.8) is 0 Å². The Morgan fingerprint density at radius 1 is 1.67 bits per heavy atom. The van der Waals surface area contributed by atoms with Gasteiger partial charge in [-0.3, -0.25) is 0 Å². The highest BCUT2D eigenvalue weighted by Crippen LogP contribution is 2.03. The molecular weight excluding hydrogens is 168 g/mol. The molecule has 0 saturated heterocycles. The quantitative estimate of drug-likeness (QED) is 0.490. The maximum atomic E-state index is 4.00. The Hall–Kier alpha value is -0.570. The van der Waals surface area contributed by atoms with Crippen LogP contribution in [0.2, 0.25) is 0 Å². The van der Waals surface area contributed by atoms with Gasteiger partial charge in [-0.25, -0.2) is 9.13 Å². The van der Waals surface area contributed by atoms with Crippen molar-refractivity contribution in [2.45, 2.75) is 13.5 Å². The van der Waals surface area contributed by atoms with Crippen molar-refractivity contribution in [3.05, 3.63) is 18.2 Å². The van der Waals surface area contributed by atoms with E-state index in [-0.39, 0.29) is 0 Å². The molecule has 1 atom stereocenters. The summed E-state index contributed by atoms with van der Waals surface area (Å²) in [5, 5.41) is 0. The highest BCUT2D eigenvalue weighted by Gasteiger charge is 2.06. The summed E-state index contributed by atoms with van der Waals surface area (Å²) < 4.78 is 4.41. The van der Waals surface area contributed by atoms with E-state index in [2.05, 4.69) is 47.6 Å². The predicted octanol–water partition coefficient (Wildman–Crippen LogP) is 0.952. The predicted molar refractivity (Wildman–Crippen MR) is 55.8 cm³/mol. The minimum atomic E-state index is 0.305. The Morgan fingerprint density at radius 3 is 2.75 bits per heavy atom. The smallest absolute Gasteiger partial charge is 0.237 e. The van der Waals surface area contributed by atoms with Crippen LogP contribution in [0.25, 0.3) is 0 Å². The van der Waals surface area contributed by atoms with Gasteiger partial charge in [-0.2, -0.15) is 10.5 Å². The van der Waals surface area contributed by atoms with E-state index < -0.39 is 0 Å². The van der Waals surface area contributed by atoms with Gasteiger partial charge in [0, 0.05) is 12.7 Å². The monoisotopic (exact) mass is 185 g/mol. The fourth-order valence-electron chi connectivity index (χ4n) is 1.09. The standard InChI is InChI=1S/C9H17N2S/c1-9-10(2)5-6-11(9)7-8-12(3)4/h5-6H,3,7-8H2,1-2,4H3/q+1. The summed E-state index contributed by atoms with van der Waals surface area (Å²) in [7, 11) is 2.38. The molecular formula is C9H17N2S+. The van der Waals surface area contributed by atoms with E-state index in [4.69, 9.17) is 0 Å². The molecule has 0 radical (unpaired) electrons. The third kappa shape index (κ3) is 2.21. The third-order valence-electron chi connectivity index (χ3n) is 2.08. The summed E-state index contributed by atoms with van der Waals surface area (Å²) in [6, 6.07) is 0. The summed E-state index contributed by atoms with van der Waals surface area (Å²) in [5.74, 6) is 6.48. The second-order valence-corrected chi connectivity index (χ2v) is 5.11. The van der Waals surface area contributed by atoms with Gasteiger partial charge >= 0.3 is 0 Å². The molecule has 1 heterocycles. The minimum absolute atomic E-state index is 0.305. The van der Waals surface area contributed by atoms with Crippen LogP contribution >= 0.6 is 10.5 Å². The van der Waals surface area contributed by atoms with E-state index in [1.807, 2.05) is 0 Å². The van der Waals surface area contributed by atoms with Crippen molar-refractivity contribution in [2.75, 3.05) is 12.0 Å². The largest absolute Gasteiger partial charge is 0.253 e. The molecule has 0 saturated carbocycles. The molecule has 0 aliphatic carbocycles. The maximum Gasteiger partial charge on any atom is 0.253 e. The summed E-state index contributed by atoms with van der Waals surface area (Å²) >= 11 is 0. The molecule has 0 aliphatic rings. The maximum absolute atomic E-state index is 4.00. The highest BCUT2D eigenvalue weighted by atomic mass is 32.2. The van der Waals surface area contributed by atoms with Gasteiger partial charge in [-0.05, 0) is 6.26 Å². The molecule has 3 heteroatoms. The van der Waals surface area contributed by atoms with Gasteiger partial charge in [0.2, 0.25) is 0 Å². The molecule has 1 aromatic heterocycles. The van der Waals surface area contributed by atoms with Crippen LogP contribution in [0.5, 0.6) is 0 Å². The third-order valence-corrected chi connectivity index (χ3v) is 2.96. The lowest BCUT2D eigenvalue weighted by Crippen LogP contribution is -2.29. The molecule has 0 N–H and O–H groups in total. The van der Waals surface area contributed by atoms with Gasteiger partial charge in [-0.1, -0.05) is 5.87 Å². The van der Waals surface area contributed by atoms with Crippen LogP contribution in [0.4, 0.5) is 0 Å². The number of hydrogen-bond acceptors (Lipinski definition) is 0. The highest BCUT2D eigenvalue weighted by molar-refractivity contribution is 8.13. The van der Waals surface area contributed by atoms with Crippen molar-refractivity contribution in [2.24, 2.45) is 7.05 Å². The van der Waals surface area contributed by atoms with Crippen LogP contribution in [0.15, 0.2) is 12.4 Å². The second kappa shape index (κ2) is 3.90. The molecule has 12 heavy (non-hydrogen) atoms. The molecule has 1 rings (SSSR count). The molecule has 1 unspecified atom stereocenters. The fraction of sp³-hybridized carbons (Fsp3) is 0.556. The Bertz CT molecular complexity index is 289. The molecule has 0 spiro atoms. The van der Waals surface area contributed by atoms with Crippen molar-refractivity contribution < 1.29 is 4.57 Å². The van der Waals surface area contributed by atoms with Crippen molar-refractivity contribution in [1.82, 2.24) is 4.57 Å². The fourth-order valence-corrected chi connectivity index (χ4v) is 1.60. The Balaban J connectivity index is 2.63. The van der Waals surface area contributed by atoms with Crippen molar-refractivity contribution >= 4 is 16.4 Å². The summed E-state index contributed by atoms with van der Waals surface area (Å²) in [6.07, 6.45) is 6.40. The zero-order valence-electron chi connectivity index (χ0n) is 8.08. The zero-order valence-corrected chi connectivity index (χ0v) is 8.90. The van der Waals surface area contributed by atoms with Crippen LogP contribution in [0, 0.1) is 6.92 Å². The van der Waals surface area contributed by atoms with Gasteiger partial charge in [0.1, 0.15) is 12.4 Å². The van der Waals surface area contributed by atoms with E-state index in [0.29, 0.717) is 10.5 Å². The number of nitrogens with zero attached hydrogens (tertiary/aromatic N) is 2. The summed E-state index contributed by atoms with van der Waals surface area (Å²) in [4.78, 5) is 0. The van der Waals surface area contributed by atoms with E-state index in [9.17, 15) is 0 Å². The lowest BCUT2D eigenvalue weighted by atomic mass is 10.6. The van der Waals surface area contributed by atoms with Crippen LogP contribution in [0.3, 0.4) is 0 Å². The number of aryl methyl sites for hydroxylation is 2. The van der Waals surface area contributed by atoms with E-state index in [1.54, 1.807) is 0 Å². The average Bonchev–Trinajstić information content (AvgIpc) is 2.30.